The first kappa shape index (κ1) is 17.3. The second kappa shape index (κ2) is 6.22. The quantitative estimate of drug-likeness (QED) is 0.869. The molecule has 0 saturated carbocycles. The fourth-order valence-corrected chi connectivity index (χ4v) is 4.97. The average Bonchev–Trinajstić information content (AvgIpc) is 3.04. The molecule has 1 aromatic rings. The van der Waals surface area contributed by atoms with E-state index in [2.05, 4.69) is 5.32 Å². The van der Waals surface area contributed by atoms with Crippen molar-refractivity contribution in [3.63, 3.8) is 0 Å². The van der Waals surface area contributed by atoms with E-state index in [4.69, 9.17) is 23.2 Å². The smallest absolute Gasteiger partial charge is 0.243 e. The van der Waals surface area contributed by atoms with Gasteiger partial charge in [0, 0.05) is 19.6 Å². The highest BCUT2D eigenvalue weighted by Gasteiger charge is 2.44. The SMILES string of the molecule is Cl.O=S(=O)(c1ccc(Cl)c(Cl)c1)N1CCC2(CCNC2)C1. The van der Waals surface area contributed by atoms with Gasteiger partial charge in [-0.15, -0.1) is 12.4 Å². The minimum Gasteiger partial charge on any atom is -0.316 e. The maximum Gasteiger partial charge on any atom is 0.243 e. The Balaban J connectivity index is 0.00000161. The Hall–Kier alpha value is -0.0400. The van der Waals surface area contributed by atoms with Crippen LogP contribution in [0.3, 0.4) is 0 Å². The summed E-state index contributed by atoms with van der Waals surface area (Å²) in [6.45, 7) is 3.04. The van der Waals surface area contributed by atoms with Crippen LogP contribution in [0.4, 0.5) is 0 Å². The monoisotopic (exact) mass is 370 g/mol. The van der Waals surface area contributed by atoms with Gasteiger partial charge in [0.05, 0.1) is 14.9 Å². The molecule has 8 heteroatoms. The van der Waals surface area contributed by atoms with Crippen molar-refractivity contribution in [1.29, 1.82) is 0 Å². The highest BCUT2D eigenvalue weighted by molar-refractivity contribution is 7.89. The summed E-state index contributed by atoms with van der Waals surface area (Å²) in [6, 6.07) is 4.47. The Morgan fingerprint density at radius 2 is 1.95 bits per heavy atom. The summed E-state index contributed by atoms with van der Waals surface area (Å²) in [5.74, 6) is 0. The Bertz CT molecular complexity index is 630. The van der Waals surface area contributed by atoms with Gasteiger partial charge in [-0.3, -0.25) is 0 Å². The van der Waals surface area contributed by atoms with Crippen molar-refractivity contribution in [2.45, 2.75) is 17.7 Å². The molecule has 1 N–H and O–H groups in total. The number of nitrogens with zero attached hydrogens (tertiary/aromatic N) is 1. The highest BCUT2D eigenvalue weighted by Crippen LogP contribution is 2.38. The molecule has 2 heterocycles. The molecule has 3 rings (SSSR count). The predicted molar refractivity (Wildman–Crippen MR) is 87.0 cm³/mol. The van der Waals surface area contributed by atoms with Crippen LogP contribution in [0.1, 0.15) is 12.8 Å². The maximum atomic E-state index is 12.6. The van der Waals surface area contributed by atoms with Crippen molar-refractivity contribution in [1.82, 2.24) is 9.62 Å². The second-order valence-corrected chi connectivity index (χ2v) is 8.34. The van der Waals surface area contributed by atoms with E-state index in [9.17, 15) is 8.42 Å². The molecule has 21 heavy (non-hydrogen) atoms. The summed E-state index contributed by atoms with van der Waals surface area (Å²) < 4.78 is 26.9. The van der Waals surface area contributed by atoms with Gasteiger partial charge < -0.3 is 5.32 Å². The van der Waals surface area contributed by atoms with Crippen LogP contribution in [0, 0.1) is 5.41 Å². The van der Waals surface area contributed by atoms with Crippen LogP contribution in [-0.4, -0.2) is 38.9 Å². The summed E-state index contributed by atoms with van der Waals surface area (Å²) in [6.07, 6.45) is 1.96. The first-order chi connectivity index (χ1) is 9.43. The molecule has 0 radical (unpaired) electrons. The lowest BCUT2D eigenvalue weighted by molar-refractivity contribution is 0.338. The van der Waals surface area contributed by atoms with Crippen LogP contribution in [0.25, 0.3) is 0 Å². The zero-order chi connectivity index (χ0) is 14.4. The van der Waals surface area contributed by atoms with E-state index in [1.807, 2.05) is 0 Å². The van der Waals surface area contributed by atoms with E-state index < -0.39 is 10.0 Å². The summed E-state index contributed by atoms with van der Waals surface area (Å²) in [4.78, 5) is 0.218. The van der Waals surface area contributed by atoms with Crippen LogP contribution in [-0.2, 0) is 10.0 Å². The van der Waals surface area contributed by atoms with E-state index >= 15 is 0 Å². The lowest BCUT2D eigenvalue weighted by Crippen LogP contribution is -2.33. The van der Waals surface area contributed by atoms with E-state index in [0.29, 0.717) is 18.1 Å². The van der Waals surface area contributed by atoms with Gasteiger partial charge >= 0.3 is 0 Å². The summed E-state index contributed by atoms with van der Waals surface area (Å²) in [7, 11) is -3.48. The Morgan fingerprint density at radius 3 is 2.57 bits per heavy atom. The van der Waals surface area contributed by atoms with Gasteiger partial charge in [0.1, 0.15) is 0 Å². The largest absolute Gasteiger partial charge is 0.316 e. The molecule has 2 aliphatic rings. The van der Waals surface area contributed by atoms with Gasteiger partial charge in [-0.05, 0) is 43.0 Å². The topological polar surface area (TPSA) is 49.4 Å². The van der Waals surface area contributed by atoms with Crippen molar-refractivity contribution in [2.24, 2.45) is 5.41 Å². The molecule has 0 amide bonds. The Labute approximate surface area is 141 Å². The Kier molecular flexibility index (Phi) is 5.13. The predicted octanol–water partition coefficient (Wildman–Crippen LogP) is 2.79. The first-order valence-electron chi connectivity index (χ1n) is 6.59. The molecule has 1 aromatic carbocycles. The molecular formula is C13H17Cl3N2O2S. The van der Waals surface area contributed by atoms with Crippen LogP contribution >= 0.6 is 35.6 Å². The van der Waals surface area contributed by atoms with Gasteiger partial charge in [0.15, 0.2) is 0 Å². The number of hydrogen-bond acceptors (Lipinski definition) is 3. The number of rotatable bonds is 2. The molecule has 1 unspecified atom stereocenters. The second-order valence-electron chi connectivity index (χ2n) is 5.59. The van der Waals surface area contributed by atoms with Crippen molar-refractivity contribution < 1.29 is 8.42 Å². The van der Waals surface area contributed by atoms with E-state index in [1.165, 1.54) is 18.2 Å². The van der Waals surface area contributed by atoms with Crippen molar-refractivity contribution in [2.75, 3.05) is 26.2 Å². The van der Waals surface area contributed by atoms with E-state index in [0.717, 1.165) is 25.9 Å². The molecule has 1 atom stereocenters. The van der Waals surface area contributed by atoms with Gasteiger partial charge in [-0.1, -0.05) is 23.2 Å². The molecule has 2 fully saturated rings. The third-order valence-corrected chi connectivity index (χ3v) is 6.84. The molecule has 118 valence electrons. The summed E-state index contributed by atoms with van der Waals surface area (Å²) >= 11 is 11.8. The first-order valence-corrected chi connectivity index (χ1v) is 8.79. The van der Waals surface area contributed by atoms with Gasteiger partial charge in [0.2, 0.25) is 10.0 Å². The fourth-order valence-electron chi connectivity index (χ4n) is 3.03. The standard InChI is InChI=1S/C13H16Cl2N2O2S.ClH/c14-11-2-1-10(7-12(11)15)20(18,19)17-6-4-13(9-17)3-5-16-8-13;/h1-2,7,16H,3-6,8-9H2;1H. The molecule has 2 aliphatic heterocycles. The number of sulfonamides is 1. The van der Waals surface area contributed by atoms with E-state index in [-0.39, 0.29) is 27.7 Å². The highest BCUT2D eigenvalue weighted by atomic mass is 35.5. The molecule has 4 nitrogen and oxygen atoms in total. The number of halogens is 3. The van der Waals surface area contributed by atoms with Gasteiger partial charge in [-0.2, -0.15) is 4.31 Å². The van der Waals surface area contributed by atoms with Crippen LogP contribution < -0.4 is 5.32 Å². The lowest BCUT2D eigenvalue weighted by atomic mass is 9.87. The minimum atomic E-state index is -3.48. The lowest BCUT2D eigenvalue weighted by Gasteiger charge is -2.22. The molecule has 2 saturated heterocycles. The molecule has 0 aliphatic carbocycles. The Morgan fingerprint density at radius 1 is 1.19 bits per heavy atom. The molecular weight excluding hydrogens is 355 g/mol. The molecule has 0 aromatic heterocycles. The minimum absolute atomic E-state index is 0. The van der Waals surface area contributed by atoms with Crippen LogP contribution in [0.5, 0.6) is 0 Å². The number of nitrogens with one attached hydrogen (secondary N) is 1. The average molecular weight is 372 g/mol. The summed E-state index contributed by atoms with van der Waals surface area (Å²) in [5.41, 5.74) is 0.114. The fraction of sp³-hybridized carbons (Fsp3) is 0.538. The van der Waals surface area contributed by atoms with Crippen molar-refractivity contribution >= 4 is 45.6 Å². The van der Waals surface area contributed by atoms with Crippen LogP contribution in [0.15, 0.2) is 23.1 Å². The van der Waals surface area contributed by atoms with Crippen molar-refractivity contribution in [3.8, 4) is 0 Å². The van der Waals surface area contributed by atoms with Crippen LogP contribution in [0.2, 0.25) is 10.0 Å². The van der Waals surface area contributed by atoms with E-state index in [1.54, 1.807) is 4.31 Å². The zero-order valence-corrected chi connectivity index (χ0v) is 14.5. The molecule has 0 bridgehead atoms. The van der Waals surface area contributed by atoms with Gasteiger partial charge in [0.25, 0.3) is 0 Å². The van der Waals surface area contributed by atoms with Gasteiger partial charge in [-0.25, -0.2) is 8.42 Å². The van der Waals surface area contributed by atoms with Crippen molar-refractivity contribution in [3.05, 3.63) is 28.2 Å². The summed E-state index contributed by atoms with van der Waals surface area (Å²) in [5, 5.41) is 3.96. The zero-order valence-electron chi connectivity index (χ0n) is 11.3. The molecule has 1 spiro atoms. The third kappa shape index (κ3) is 3.19. The third-order valence-electron chi connectivity index (χ3n) is 4.26. The number of benzene rings is 1. The maximum absolute atomic E-state index is 12.6. The number of hydrogen-bond donors (Lipinski definition) is 1. The normalized spacial score (nSPS) is 26.2.